The van der Waals surface area contributed by atoms with Crippen LogP contribution < -0.4 is 4.90 Å². The van der Waals surface area contributed by atoms with E-state index in [1.807, 2.05) is 24.3 Å². The van der Waals surface area contributed by atoms with E-state index in [4.69, 9.17) is 16.9 Å². The molecule has 0 bridgehead atoms. The number of nitrogens with zero attached hydrogens (tertiary/aromatic N) is 3. The van der Waals surface area contributed by atoms with Gasteiger partial charge in [-0.05, 0) is 30.7 Å². The molecular formula is C19H19ClFN3. The number of anilines is 1. The van der Waals surface area contributed by atoms with E-state index in [2.05, 4.69) is 15.9 Å². The Morgan fingerprint density at radius 1 is 1.08 bits per heavy atom. The van der Waals surface area contributed by atoms with Crippen LogP contribution in [0.25, 0.3) is 0 Å². The zero-order valence-corrected chi connectivity index (χ0v) is 14.1. The third kappa shape index (κ3) is 3.87. The lowest BCUT2D eigenvalue weighted by Gasteiger charge is -2.24. The van der Waals surface area contributed by atoms with Crippen molar-refractivity contribution in [3.05, 3.63) is 64.4 Å². The summed E-state index contributed by atoms with van der Waals surface area (Å²) >= 11 is 6.14. The van der Waals surface area contributed by atoms with Crippen LogP contribution in [-0.4, -0.2) is 31.1 Å². The highest BCUT2D eigenvalue weighted by molar-refractivity contribution is 6.32. The second-order valence-electron chi connectivity index (χ2n) is 5.98. The highest BCUT2D eigenvalue weighted by Crippen LogP contribution is 2.24. The highest BCUT2D eigenvalue weighted by atomic mass is 35.5. The lowest BCUT2D eigenvalue weighted by atomic mass is 10.2. The molecule has 0 spiro atoms. The number of benzene rings is 2. The molecule has 0 radical (unpaired) electrons. The molecule has 24 heavy (non-hydrogen) atoms. The smallest absolute Gasteiger partial charge is 0.127 e. The molecule has 0 aliphatic carbocycles. The van der Waals surface area contributed by atoms with Gasteiger partial charge in [0, 0.05) is 44.0 Å². The van der Waals surface area contributed by atoms with Crippen molar-refractivity contribution in [2.45, 2.75) is 13.0 Å². The van der Waals surface area contributed by atoms with E-state index in [0.29, 0.717) is 17.1 Å². The number of halogens is 2. The van der Waals surface area contributed by atoms with Crippen LogP contribution in [0.15, 0.2) is 42.5 Å². The van der Waals surface area contributed by atoms with Gasteiger partial charge in [-0.1, -0.05) is 29.8 Å². The van der Waals surface area contributed by atoms with Gasteiger partial charge in [0.1, 0.15) is 11.9 Å². The van der Waals surface area contributed by atoms with Gasteiger partial charge < -0.3 is 4.90 Å². The van der Waals surface area contributed by atoms with E-state index in [9.17, 15) is 4.39 Å². The first-order valence-electron chi connectivity index (χ1n) is 8.08. The van der Waals surface area contributed by atoms with Crippen LogP contribution >= 0.6 is 11.6 Å². The number of rotatable bonds is 3. The van der Waals surface area contributed by atoms with Crippen molar-refractivity contribution >= 4 is 17.3 Å². The summed E-state index contributed by atoms with van der Waals surface area (Å²) in [5.41, 5.74) is 2.27. The summed E-state index contributed by atoms with van der Waals surface area (Å²) in [5.74, 6) is -0.141. The van der Waals surface area contributed by atoms with Gasteiger partial charge in [-0.3, -0.25) is 4.90 Å². The zero-order chi connectivity index (χ0) is 16.9. The number of nitriles is 1. The minimum atomic E-state index is -0.141. The molecule has 2 aromatic carbocycles. The van der Waals surface area contributed by atoms with Crippen molar-refractivity contribution in [1.29, 1.82) is 5.26 Å². The first-order valence-corrected chi connectivity index (χ1v) is 8.45. The lowest BCUT2D eigenvalue weighted by molar-refractivity contribution is 0.281. The Bertz CT molecular complexity index is 757. The predicted molar refractivity (Wildman–Crippen MR) is 94.7 cm³/mol. The molecule has 0 N–H and O–H groups in total. The van der Waals surface area contributed by atoms with Gasteiger partial charge >= 0.3 is 0 Å². The summed E-state index contributed by atoms with van der Waals surface area (Å²) in [6, 6.07) is 14.6. The van der Waals surface area contributed by atoms with Crippen LogP contribution in [0.2, 0.25) is 5.02 Å². The Morgan fingerprint density at radius 2 is 1.92 bits per heavy atom. The molecular weight excluding hydrogens is 325 g/mol. The minimum absolute atomic E-state index is 0.141. The molecule has 1 fully saturated rings. The maximum absolute atomic E-state index is 13.8. The monoisotopic (exact) mass is 343 g/mol. The Hall–Kier alpha value is -2.09. The quantitative estimate of drug-likeness (QED) is 0.841. The Morgan fingerprint density at radius 3 is 2.67 bits per heavy atom. The van der Waals surface area contributed by atoms with Crippen LogP contribution in [-0.2, 0) is 6.54 Å². The standard InChI is InChI=1S/C19H19ClFN3/c20-18-12-17(7-6-15(18)13-22)24-9-3-8-23(10-11-24)14-16-4-1-2-5-19(16)21/h1-2,4-7,12H,3,8-11,14H2. The van der Waals surface area contributed by atoms with E-state index in [0.717, 1.165) is 43.9 Å². The Labute approximate surface area is 146 Å². The van der Waals surface area contributed by atoms with Crippen molar-refractivity contribution in [3.8, 4) is 6.07 Å². The molecule has 1 aliphatic rings. The van der Waals surface area contributed by atoms with Crippen LogP contribution in [0, 0.1) is 17.1 Å². The second kappa shape index (κ2) is 7.65. The molecule has 1 aliphatic heterocycles. The molecule has 3 nitrogen and oxygen atoms in total. The predicted octanol–water partition coefficient (Wildman–Crippen LogP) is 4.06. The third-order valence-corrected chi connectivity index (χ3v) is 4.69. The van der Waals surface area contributed by atoms with E-state index < -0.39 is 0 Å². The summed E-state index contributed by atoms with van der Waals surface area (Å²) in [5, 5.41) is 9.46. The molecule has 1 heterocycles. The Balaban J connectivity index is 1.66. The van der Waals surface area contributed by atoms with Crippen LogP contribution in [0.4, 0.5) is 10.1 Å². The Kier molecular flexibility index (Phi) is 5.34. The third-order valence-electron chi connectivity index (χ3n) is 4.38. The van der Waals surface area contributed by atoms with Gasteiger partial charge in [0.05, 0.1) is 10.6 Å². The minimum Gasteiger partial charge on any atom is -0.370 e. The van der Waals surface area contributed by atoms with Crippen LogP contribution in [0.1, 0.15) is 17.5 Å². The molecule has 0 atom stereocenters. The maximum atomic E-state index is 13.8. The fraction of sp³-hybridized carbons (Fsp3) is 0.316. The average Bonchev–Trinajstić information content (AvgIpc) is 2.82. The van der Waals surface area contributed by atoms with Crippen molar-refractivity contribution in [2.75, 3.05) is 31.1 Å². The summed E-state index contributed by atoms with van der Waals surface area (Å²) in [6.45, 7) is 4.22. The molecule has 0 aromatic heterocycles. The normalized spacial score (nSPS) is 15.8. The fourth-order valence-corrected chi connectivity index (χ4v) is 3.26. The van der Waals surface area contributed by atoms with E-state index >= 15 is 0 Å². The molecule has 124 valence electrons. The second-order valence-corrected chi connectivity index (χ2v) is 6.39. The van der Waals surface area contributed by atoms with Gasteiger partial charge in [-0.15, -0.1) is 0 Å². The molecule has 0 unspecified atom stereocenters. The summed E-state index contributed by atoms with van der Waals surface area (Å²) in [7, 11) is 0. The maximum Gasteiger partial charge on any atom is 0.127 e. The number of hydrogen-bond donors (Lipinski definition) is 0. The van der Waals surface area contributed by atoms with Crippen molar-refractivity contribution in [1.82, 2.24) is 4.90 Å². The summed E-state index contributed by atoms with van der Waals surface area (Å²) < 4.78 is 13.8. The molecule has 0 saturated carbocycles. The van der Waals surface area contributed by atoms with Gasteiger partial charge in [-0.2, -0.15) is 5.26 Å². The lowest BCUT2D eigenvalue weighted by Crippen LogP contribution is -2.30. The van der Waals surface area contributed by atoms with Gasteiger partial charge in [0.25, 0.3) is 0 Å². The molecule has 5 heteroatoms. The topological polar surface area (TPSA) is 30.3 Å². The van der Waals surface area contributed by atoms with Gasteiger partial charge in [0.15, 0.2) is 0 Å². The zero-order valence-electron chi connectivity index (χ0n) is 13.4. The molecule has 3 rings (SSSR count). The van der Waals surface area contributed by atoms with E-state index in [-0.39, 0.29) is 5.82 Å². The highest BCUT2D eigenvalue weighted by Gasteiger charge is 2.17. The number of hydrogen-bond acceptors (Lipinski definition) is 3. The molecule has 1 saturated heterocycles. The van der Waals surface area contributed by atoms with E-state index in [1.54, 1.807) is 12.1 Å². The van der Waals surface area contributed by atoms with Gasteiger partial charge in [0.2, 0.25) is 0 Å². The fourth-order valence-electron chi connectivity index (χ4n) is 3.05. The largest absolute Gasteiger partial charge is 0.370 e. The SMILES string of the molecule is N#Cc1ccc(N2CCCN(Cc3ccccc3F)CC2)cc1Cl. The van der Waals surface area contributed by atoms with Crippen molar-refractivity contribution in [3.63, 3.8) is 0 Å². The molecule has 2 aromatic rings. The summed E-state index contributed by atoms with van der Waals surface area (Å²) in [4.78, 5) is 4.55. The van der Waals surface area contributed by atoms with Crippen molar-refractivity contribution < 1.29 is 4.39 Å². The van der Waals surface area contributed by atoms with Gasteiger partial charge in [-0.25, -0.2) is 4.39 Å². The first-order chi connectivity index (χ1) is 11.7. The summed E-state index contributed by atoms with van der Waals surface area (Å²) in [6.07, 6.45) is 1.01. The van der Waals surface area contributed by atoms with Crippen LogP contribution in [0.3, 0.4) is 0 Å². The van der Waals surface area contributed by atoms with Crippen LogP contribution in [0.5, 0.6) is 0 Å². The van der Waals surface area contributed by atoms with E-state index in [1.165, 1.54) is 6.07 Å². The average molecular weight is 344 g/mol. The first kappa shape index (κ1) is 16.8. The van der Waals surface area contributed by atoms with Crippen molar-refractivity contribution in [2.24, 2.45) is 0 Å². The molecule has 0 amide bonds.